The third-order valence-electron chi connectivity index (χ3n) is 4.03. The van der Waals surface area contributed by atoms with E-state index in [0.717, 1.165) is 11.3 Å². The second-order valence-corrected chi connectivity index (χ2v) is 7.46. The lowest BCUT2D eigenvalue weighted by atomic mass is 10.1. The molecule has 1 saturated heterocycles. The summed E-state index contributed by atoms with van der Waals surface area (Å²) in [5.74, 6) is 0.950. The number of carbonyl (C=O) groups excluding carboxylic acids is 2. The topological polar surface area (TPSA) is 49.9 Å². The van der Waals surface area contributed by atoms with Gasteiger partial charge in [0, 0.05) is 31.7 Å². The Hall–Kier alpha value is -1.53. The van der Waals surface area contributed by atoms with E-state index in [1.807, 2.05) is 43.3 Å². The monoisotopic (exact) mass is 336 g/mol. The molecule has 0 saturated carbocycles. The van der Waals surface area contributed by atoms with Crippen molar-refractivity contribution in [1.82, 2.24) is 9.80 Å². The first kappa shape index (κ1) is 17.8. The minimum absolute atomic E-state index is 0.0731. The maximum Gasteiger partial charge on any atom is 0.223 e. The Kier molecular flexibility index (Phi) is 6.07. The maximum atomic E-state index is 12.2. The van der Waals surface area contributed by atoms with E-state index in [0.29, 0.717) is 19.5 Å². The van der Waals surface area contributed by atoms with Gasteiger partial charge in [-0.05, 0) is 31.8 Å². The van der Waals surface area contributed by atoms with Crippen molar-refractivity contribution >= 4 is 22.8 Å². The molecule has 0 radical (unpaired) electrons. The number of likely N-dealkylation sites (N-methyl/N-ethyl adjacent to an activating group) is 1. The van der Waals surface area contributed by atoms with Crippen molar-refractivity contribution in [1.29, 1.82) is 0 Å². The molecule has 23 heavy (non-hydrogen) atoms. The highest BCUT2D eigenvalue weighted by Gasteiger charge is 2.33. The van der Waals surface area contributed by atoms with Crippen molar-refractivity contribution < 1.29 is 14.3 Å². The van der Waals surface area contributed by atoms with Crippen molar-refractivity contribution in [3.05, 3.63) is 29.8 Å². The van der Waals surface area contributed by atoms with Crippen LogP contribution in [0.2, 0.25) is 0 Å². The molecule has 1 aromatic rings. The highest BCUT2D eigenvalue weighted by molar-refractivity contribution is 8.14. The molecule has 1 aromatic carbocycles. The zero-order chi connectivity index (χ0) is 17.0. The maximum absolute atomic E-state index is 12.2. The molecule has 2 atom stereocenters. The first-order valence-corrected chi connectivity index (χ1v) is 8.54. The predicted molar refractivity (Wildman–Crippen MR) is 92.7 cm³/mol. The average molecular weight is 336 g/mol. The van der Waals surface area contributed by atoms with E-state index < -0.39 is 0 Å². The Balaban J connectivity index is 2.07. The number of nitrogens with zero attached hydrogens (tertiary/aromatic N) is 2. The average Bonchev–Trinajstić information content (AvgIpc) is 2.83. The molecule has 5 nitrogen and oxygen atoms in total. The first-order valence-electron chi connectivity index (χ1n) is 7.66. The van der Waals surface area contributed by atoms with Gasteiger partial charge in [0.1, 0.15) is 5.75 Å². The quantitative estimate of drug-likeness (QED) is 0.797. The van der Waals surface area contributed by atoms with Crippen LogP contribution in [0.4, 0.5) is 0 Å². The summed E-state index contributed by atoms with van der Waals surface area (Å²) in [6, 6.07) is 8.06. The molecule has 0 aromatic heterocycles. The van der Waals surface area contributed by atoms with E-state index in [1.165, 1.54) is 11.8 Å². The molecule has 0 spiro atoms. The van der Waals surface area contributed by atoms with Crippen LogP contribution in [0.1, 0.15) is 24.9 Å². The van der Waals surface area contributed by atoms with Gasteiger partial charge >= 0.3 is 0 Å². The van der Waals surface area contributed by atoms with Crippen molar-refractivity contribution in [2.75, 3.05) is 34.3 Å². The van der Waals surface area contributed by atoms with Gasteiger partial charge in [0.25, 0.3) is 0 Å². The molecule has 2 rings (SSSR count). The van der Waals surface area contributed by atoms with Crippen molar-refractivity contribution in [3.8, 4) is 5.75 Å². The van der Waals surface area contributed by atoms with Crippen LogP contribution in [-0.4, -0.2) is 60.4 Å². The number of rotatable bonds is 6. The van der Waals surface area contributed by atoms with Crippen LogP contribution < -0.4 is 4.74 Å². The molecule has 6 heteroatoms. The molecular formula is C17H24N2O3S. The molecule has 1 aliphatic heterocycles. The fraction of sp³-hybridized carbons (Fsp3) is 0.529. The summed E-state index contributed by atoms with van der Waals surface area (Å²) in [5, 5.41) is 0.155. The number of ether oxygens (including phenoxy) is 1. The predicted octanol–water partition coefficient (Wildman–Crippen LogP) is 2.18. The molecule has 0 N–H and O–H groups in total. The highest BCUT2D eigenvalue weighted by atomic mass is 32.2. The zero-order valence-electron chi connectivity index (χ0n) is 14.1. The molecule has 1 aliphatic rings. The van der Waals surface area contributed by atoms with Gasteiger partial charge in [-0.3, -0.25) is 9.59 Å². The molecule has 2 unspecified atom stereocenters. The lowest BCUT2D eigenvalue weighted by Crippen LogP contribution is -2.36. The molecule has 126 valence electrons. The molecule has 1 fully saturated rings. The number of amides is 1. The number of hydrogen-bond donors (Lipinski definition) is 0. The summed E-state index contributed by atoms with van der Waals surface area (Å²) in [6.45, 7) is 2.83. The smallest absolute Gasteiger partial charge is 0.223 e. The SMILES string of the molecule is COc1ccc(C(CN2CC(SC(C)=O)CC2=O)N(C)C)cc1. The van der Waals surface area contributed by atoms with Crippen LogP contribution in [0.5, 0.6) is 5.75 Å². The Morgan fingerprint density at radius 2 is 2.04 bits per heavy atom. The number of thioether (sulfide) groups is 1. The fourth-order valence-corrected chi connectivity index (χ4v) is 3.78. The third-order valence-corrected chi connectivity index (χ3v) is 5.01. The van der Waals surface area contributed by atoms with Crippen molar-refractivity contribution in [3.63, 3.8) is 0 Å². The third kappa shape index (κ3) is 4.72. The van der Waals surface area contributed by atoms with Crippen LogP contribution in [0, 0.1) is 0 Å². The van der Waals surface area contributed by atoms with Gasteiger partial charge in [0.15, 0.2) is 5.12 Å². The van der Waals surface area contributed by atoms with Crippen LogP contribution in [0.15, 0.2) is 24.3 Å². The minimum atomic E-state index is 0.0731. The largest absolute Gasteiger partial charge is 0.497 e. The summed E-state index contributed by atoms with van der Waals surface area (Å²) in [4.78, 5) is 27.4. The highest BCUT2D eigenvalue weighted by Crippen LogP contribution is 2.28. The summed E-state index contributed by atoms with van der Waals surface area (Å²) >= 11 is 1.27. The standard InChI is InChI=1S/C17H24N2O3S/c1-12(20)23-15-9-17(21)19(10-15)11-16(18(2)3)13-5-7-14(22-4)8-6-13/h5-8,15-16H,9-11H2,1-4H3. The van der Waals surface area contributed by atoms with E-state index in [9.17, 15) is 9.59 Å². The van der Waals surface area contributed by atoms with E-state index in [1.54, 1.807) is 14.0 Å². The van der Waals surface area contributed by atoms with Gasteiger partial charge in [0.05, 0.1) is 13.2 Å². The molecule has 1 amide bonds. The fourth-order valence-electron chi connectivity index (χ4n) is 2.83. The van der Waals surface area contributed by atoms with E-state index >= 15 is 0 Å². The van der Waals surface area contributed by atoms with Gasteiger partial charge in [0.2, 0.25) is 5.91 Å². The molecular weight excluding hydrogens is 312 g/mol. The number of hydrogen-bond acceptors (Lipinski definition) is 5. The Labute approximate surface area is 142 Å². The Morgan fingerprint density at radius 3 is 2.57 bits per heavy atom. The van der Waals surface area contributed by atoms with Crippen LogP contribution in [0.3, 0.4) is 0 Å². The Bertz CT molecular complexity index is 559. The number of methoxy groups -OCH3 is 1. The van der Waals surface area contributed by atoms with Crippen LogP contribution in [0.25, 0.3) is 0 Å². The van der Waals surface area contributed by atoms with Crippen molar-refractivity contribution in [2.45, 2.75) is 24.6 Å². The molecule has 0 aliphatic carbocycles. The second kappa shape index (κ2) is 7.84. The number of carbonyl (C=O) groups is 2. The van der Waals surface area contributed by atoms with Gasteiger partial charge in [-0.1, -0.05) is 23.9 Å². The van der Waals surface area contributed by atoms with Gasteiger partial charge in [-0.2, -0.15) is 0 Å². The molecule has 0 bridgehead atoms. The van der Waals surface area contributed by atoms with Crippen LogP contribution >= 0.6 is 11.8 Å². The van der Waals surface area contributed by atoms with E-state index in [4.69, 9.17) is 4.74 Å². The van der Waals surface area contributed by atoms with Crippen LogP contribution in [-0.2, 0) is 9.59 Å². The van der Waals surface area contributed by atoms with Gasteiger partial charge in [-0.15, -0.1) is 0 Å². The lowest BCUT2D eigenvalue weighted by Gasteiger charge is -2.29. The summed E-state index contributed by atoms with van der Waals surface area (Å²) < 4.78 is 5.20. The van der Waals surface area contributed by atoms with Gasteiger partial charge in [-0.25, -0.2) is 0 Å². The molecule has 1 heterocycles. The number of likely N-dealkylation sites (tertiary alicyclic amines) is 1. The number of benzene rings is 1. The zero-order valence-corrected chi connectivity index (χ0v) is 14.9. The van der Waals surface area contributed by atoms with Gasteiger partial charge < -0.3 is 14.5 Å². The minimum Gasteiger partial charge on any atom is -0.497 e. The lowest BCUT2D eigenvalue weighted by molar-refractivity contribution is -0.128. The Morgan fingerprint density at radius 1 is 1.39 bits per heavy atom. The van der Waals surface area contributed by atoms with E-state index in [2.05, 4.69) is 4.90 Å². The first-order chi connectivity index (χ1) is 10.9. The van der Waals surface area contributed by atoms with E-state index in [-0.39, 0.29) is 22.3 Å². The summed E-state index contributed by atoms with van der Waals surface area (Å²) in [6.07, 6.45) is 0.451. The summed E-state index contributed by atoms with van der Waals surface area (Å²) in [5.41, 5.74) is 1.14. The normalized spacial score (nSPS) is 19.3. The summed E-state index contributed by atoms with van der Waals surface area (Å²) in [7, 11) is 5.67. The van der Waals surface area contributed by atoms with Crippen molar-refractivity contribution in [2.24, 2.45) is 0 Å². The second-order valence-electron chi connectivity index (χ2n) is 5.99.